The lowest BCUT2D eigenvalue weighted by molar-refractivity contribution is 0.181. The molecule has 2 aromatic heterocycles. The normalized spacial score (nSPS) is 11.4. The maximum atomic E-state index is 11.9. The zero-order valence-corrected chi connectivity index (χ0v) is 11.2. The summed E-state index contributed by atoms with van der Waals surface area (Å²) < 4.78 is 7.67. The number of hydrogen-bond donors (Lipinski definition) is 1. The number of halogens is 1. The van der Waals surface area contributed by atoms with Gasteiger partial charge in [-0.05, 0) is 18.2 Å². The van der Waals surface area contributed by atoms with Crippen LogP contribution in [0.25, 0.3) is 16.6 Å². The van der Waals surface area contributed by atoms with Gasteiger partial charge < -0.3 is 9.72 Å². The van der Waals surface area contributed by atoms with Crippen molar-refractivity contribution in [2.75, 3.05) is 7.11 Å². The molecule has 0 radical (unpaired) electrons. The minimum absolute atomic E-state index is 0.117. The highest BCUT2D eigenvalue weighted by Gasteiger charge is 2.08. The predicted molar refractivity (Wildman–Crippen MR) is 71.7 cm³/mol. The first-order valence-electron chi connectivity index (χ1n) is 5.38. The van der Waals surface area contributed by atoms with Crippen LogP contribution in [-0.2, 0) is 11.3 Å². The molecule has 5 nitrogen and oxygen atoms in total. The summed E-state index contributed by atoms with van der Waals surface area (Å²) in [6.45, 7) is 0.416. The van der Waals surface area contributed by atoms with Gasteiger partial charge in [0.2, 0.25) is 0 Å². The molecule has 1 aromatic carbocycles. The van der Waals surface area contributed by atoms with Gasteiger partial charge in [-0.25, -0.2) is 4.52 Å². The van der Waals surface area contributed by atoms with E-state index in [0.717, 1.165) is 15.7 Å². The fourth-order valence-electron chi connectivity index (χ4n) is 1.98. The number of aromatic nitrogens is 3. The summed E-state index contributed by atoms with van der Waals surface area (Å²) in [6.07, 6.45) is 0. The second kappa shape index (κ2) is 4.22. The van der Waals surface area contributed by atoms with E-state index in [1.807, 2.05) is 18.2 Å². The molecule has 1 N–H and O–H groups in total. The third-order valence-corrected chi connectivity index (χ3v) is 3.22. The molecular weight excluding hydrogens is 298 g/mol. The Labute approximate surface area is 111 Å². The Balaban J connectivity index is 2.42. The molecule has 0 saturated heterocycles. The maximum Gasteiger partial charge on any atom is 0.259 e. The lowest BCUT2D eigenvalue weighted by Crippen LogP contribution is -2.09. The van der Waals surface area contributed by atoms with E-state index in [0.29, 0.717) is 17.6 Å². The summed E-state index contributed by atoms with van der Waals surface area (Å²) in [5, 5.41) is 5.02. The lowest BCUT2D eigenvalue weighted by atomic mass is 10.2. The first-order chi connectivity index (χ1) is 8.69. The van der Waals surface area contributed by atoms with Gasteiger partial charge in [0.25, 0.3) is 5.56 Å². The van der Waals surface area contributed by atoms with E-state index in [9.17, 15) is 4.79 Å². The topological polar surface area (TPSA) is 59.4 Å². The van der Waals surface area contributed by atoms with Crippen LogP contribution in [0.1, 0.15) is 5.69 Å². The average molecular weight is 308 g/mol. The molecular formula is C12H10BrN3O2. The quantitative estimate of drug-likeness (QED) is 0.788. The van der Waals surface area contributed by atoms with Crippen molar-refractivity contribution in [1.29, 1.82) is 0 Å². The number of rotatable bonds is 2. The number of nitrogens with zero attached hydrogens (tertiary/aromatic N) is 2. The van der Waals surface area contributed by atoms with Crippen molar-refractivity contribution in [2.45, 2.75) is 6.61 Å². The van der Waals surface area contributed by atoms with Crippen molar-refractivity contribution in [3.8, 4) is 0 Å². The van der Waals surface area contributed by atoms with Crippen LogP contribution in [0.15, 0.2) is 33.5 Å². The van der Waals surface area contributed by atoms with Crippen LogP contribution < -0.4 is 5.56 Å². The molecule has 0 aliphatic carbocycles. The Morgan fingerprint density at radius 2 is 2.28 bits per heavy atom. The summed E-state index contributed by atoms with van der Waals surface area (Å²) in [7, 11) is 1.61. The van der Waals surface area contributed by atoms with E-state index in [1.165, 1.54) is 0 Å². The summed E-state index contributed by atoms with van der Waals surface area (Å²) in [6, 6.07) is 7.30. The Hall–Kier alpha value is -1.66. The van der Waals surface area contributed by atoms with E-state index in [1.54, 1.807) is 17.7 Å². The van der Waals surface area contributed by atoms with Crippen molar-refractivity contribution < 1.29 is 4.74 Å². The smallest absolute Gasteiger partial charge is 0.259 e. The van der Waals surface area contributed by atoms with Gasteiger partial charge in [-0.15, -0.1) is 0 Å². The van der Waals surface area contributed by atoms with Gasteiger partial charge in [-0.3, -0.25) is 4.79 Å². The summed E-state index contributed by atoms with van der Waals surface area (Å²) in [5.41, 5.74) is 2.10. The molecule has 0 bridgehead atoms. The number of fused-ring (bicyclic) bond motifs is 3. The van der Waals surface area contributed by atoms with Crippen LogP contribution in [0.2, 0.25) is 0 Å². The molecule has 18 heavy (non-hydrogen) atoms. The van der Waals surface area contributed by atoms with Crippen molar-refractivity contribution in [2.24, 2.45) is 0 Å². The number of ether oxygens (including phenoxy) is 1. The Bertz CT molecular complexity index is 791. The van der Waals surface area contributed by atoms with Crippen LogP contribution in [0.4, 0.5) is 0 Å². The van der Waals surface area contributed by atoms with E-state index in [-0.39, 0.29) is 5.56 Å². The van der Waals surface area contributed by atoms with Gasteiger partial charge in [0.15, 0.2) is 0 Å². The first-order valence-corrected chi connectivity index (χ1v) is 6.17. The van der Waals surface area contributed by atoms with Gasteiger partial charge in [-0.1, -0.05) is 15.9 Å². The van der Waals surface area contributed by atoms with Crippen molar-refractivity contribution in [3.63, 3.8) is 0 Å². The molecule has 6 heteroatoms. The van der Waals surface area contributed by atoms with Gasteiger partial charge in [-0.2, -0.15) is 5.10 Å². The molecule has 0 fully saturated rings. The molecule has 0 unspecified atom stereocenters. The minimum atomic E-state index is -0.117. The van der Waals surface area contributed by atoms with Crippen molar-refractivity contribution in [1.82, 2.24) is 14.6 Å². The third-order valence-electron chi connectivity index (χ3n) is 2.73. The Morgan fingerprint density at radius 1 is 1.44 bits per heavy atom. The van der Waals surface area contributed by atoms with Crippen LogP contribution >= 0.6 is 15.9 Å². The summed E-state index contributed by atoms with van der Waals surface area (Å²) >= 11 is 3.40. The molecule has 0 saturated carbocycles. The number of nitrogens with one attached hydrogen (secondary N) is 1. The largest absolute Gasteiger partial charge is 0.378 e. The van der Waals surface area contributed by atoms with E-state index >= 15 is 0 Å². The second-order valence-electron chi connectivity index (χ2n) is 3.98. The van der Waals surface area contributed by atoms with Gasteiger partial charge in [0, 0.05) is 17.6 Å². The van der Waals surface area contributed by atoms with Crippen LogP contribution in [0.3, 0.4) is 0 Å². The first kappa shape index (κ1) is 11.4. The monoisotopic (exact) mass is 307 g/mol. The van der Waals surface area contributed by atoms with E-state index in [2.05, 4.69) is 26.0 Å². The lowest BCUT2D eigenvalue weighted by Gasteiger charge is -2.01. The second-order valence-corrected chi connectivity index (χ2v) is 4.90. The molecule has 92 valence electrons. The highest BCUT2D eigenvalue weighted by atomic mass is 79.9. The standard InChI is InChI=1S/C12H10BrN3O2/c1-18-6-8-5-11-14-12(17)9-3-2-7(13)4-10(9)16(11)15-8/h2-5H,6H2,1H3,(H,14,17). The van der Waals surface area contributed by atoms with E-state index in [4.69, 9.17) is 4.74 Å². The fourth-order valence-corrected chi connectivity index (χ4v) is 2.33. The third kappa shape index (κ3) is 1.74. The molecule has 3 aromatic rings. The molecule has 0 amide bonds. The zero-order chi connectivity index (χ0) is 12.7. The van der Waals surface area contributed by atoms with Gasteiger partial charge in [0.1, 0.15) is 5.65 Å². The Kier molecular flexibility index (Phi) is 2.68. The van der Waals surface area contributed by atoms with Crippen molar-refractivity contribution >= 4 is 32.5 Å². The molecule has 0 spiro atoms. The van der Waals surface area contributed by atoms with Gasteiger partial charge in [0.05, 0.1) is 23.2 Å². The SMILES string of the molecule is COCc1cc2[nH]c(=O)c3ccc(Br)cc3n2n1. The van der Waals surface area contributed by atoms with Crippen LogP contribution in [0.5, 0.6) is 0 Å². The highest BCUT2D eigenvalue weighted by Crippen LogP contribution is 2.18. The molecule has 0 aliphatic heterocycles. The predicted octanol–water partition coefficient (Wildman–Crippen LogP) is 2.08. The summed E-state index contributed by atoms with van der Waals surface area (Å²) in [4.78, 5) is 14.7. The molecule has 2 heterocycles. The number of methoxy groups -OCH3 is 1. The number of aromatic amines is 1. The highest BCUT2D eigenvalue weighted by molar-refractivity contribution is 9.10. The molecule has 0 atom stereocenters. The molecule has 0 aliphatic rings. The van der Waals surface area contributed by atoms with Crippen molar-refractivity contribution in [3.05, 3.63) is 44.8 Å². The van der Waals surface area contributed by atoms with Crippen LogP contribution in [0, 0.1) is 0 Å². The average Bonchev–Trinajstić information content (AvgIpc) is 2.72. The fraction of sp³-hybridized carbons (Fsp3) is 0.167. The maximum absolute atomic E-state index is 11.9. The number of benzene rings is 1. The van der Waals surface area contributed by atoms with Gasteiger partial charge >= 0.3 is 0 Å². The number of hydrogen-bond acceptors (Lipinski definition) is 3. The van der Waals surface area contributed by atoms with E-state index < -0.39 is 0 Å². The zero-order valence-electron chi connectivity index (χ0n) is 9.61. The summed E-state index contributed by atoms with van der Waals surface area (Å²) in [5.74, 6) is 0. The molecule has 3 rings (SSSR count). The number of H-pyrrole nitrogens is 1. The Morgan fingerprint density at radius 3 is 3.06 bits per heavy atom. The minimum Gasteiger partial charge on any atom is -0.378 e. The van der Waals surface area contributed by atoms with Crippen LogP contribution in [-0.4, -0.2) is 21.7 Å².